The van der Waals surface area contributed by atoms with Crippen LogP contribution in [0, 0.1) is 0 Å². The SMILES string of the molecule is CSCCC(NC(=O)C(N)CCC(N)=O)C(=O)N1CCCC1C(=O)NC(Cc1ccccc1)C(=O)O. The molecule has 1 aromatic carbocycles. The molecule has 0 aliphatic carbocycles. The Kier molecular flexibility index (Phi) is 11.7. The minimum absolute atomic E-state index is 0.0529. The molecule has 1 fully saturated rings. The quantitative estimate of drug-likeness (QED) is 0.219. The lowest BCUT2D eigenvalue weighted by atomic mass is 10.0. The summed E-state index contributed by atoms with van der Waals surface area (Å²) < 4.78 is 0. The second kappa shape index (κ2) is 14.4. The smallest absolute Gasteiger partial charge is 0.326 e. The highest BCUT2D eigenvalue weighted by molar-refractivity contribution is 7.98. The molecule has 11 nitrogen and oxygen atoms in total. The van der Waals surface area contributed by atoms with Gasteiger partial charge in [0.2, 0.25) is 23.6 Å². The van der Waals surface area contributed by atoms with E-state index in [9.17, 15) is 29.1 Å². The Labute approximate surface area is 214 Å². The average Bonchev–Trinajstić information content (AvgIpc) is 3.34. The van der Waals surface area contributed by atoms with Gasteiger partial charge in [-0.25, -0.2) is 4.79 Å². The van der Waals surface area contributed by atoms with E-state index in [4.69, 9.17) is 11.5 Å². The maximum absolute atomic E-state index is 13.4. The largest absolute Gasteiger partial charge is 0.480 e. The zero-order chi connectivity index (χ0) is 26.7. The summed E-state index contributed by atoms with van der Waals surface area (Å²) in [6.45, 7) is 0.312. The fourth-order valence-electron chi connectivity index (χ4n) is 4.02. The molecule has 2 rings (SSSR count). The van der Waals surface area contributed by atoms with Crippen LogP contribution in [0.4, 0.5) is 0 Å². The van der Waals surface area contributed by atoms with Gasteiger partial charge in [0.1, 0.15) is 18.1 Å². The molecule has 4 amide bonds. The van der Waals surface area contributed by atoms with E-state index in [1.54, 1.807) is 24.3 Å². The molecule has 1 aliphatic rings. The molecule has 4 atom stereocenters. The first-order valence-electron chi connectivity index (χ1n) is 11.8. The number of amides is 4. The van der Waals surface area contributed by atoms with Crippen LogP contribution in [0.1, 0.15) is 37.7 Å². The molecule has 0 saturated carbocycles. The molecule has 0 aromatic heterocycles. The Bertz CT molecular complexity index is 931. The Morgan fingerprint density at radius 3 is 2.42 bits per heavy atom. The first-order valence-corrected chi connectivity index (χ1v) is 13.2. The monoisotopic (exact) mass is 521 g/mol. The Morgan fingerprint density at radius 1 is 1.11 bits per heavy atom. The number of nitrogens with two attached hydrogens (primary N) is 2. The number of carboxylic acid groups (broad SMARTS) is 1. The minimum Gasteiger partial charge on any atom is -0.480 e. The van der Waals surface area contributed by atoms with Crippen LogP contribution in [0.2, 0.25) is 0 Å². The van der Waals surface area contributed by atoms with Gasteiger partial charge in [0.15, 0.2) is 0 Å². The Balaban J connectivity index is 2.08. The van der Waals surface area contributed by atoms with Crippen molar-refractivity contribution in [2.24, 2.45) is 11.5 Å². The normalized spacial score (nSPS) is 17.6. The van der Waals surface area contributed by atoms with Gasteiger partial charge >= 0.3 is 5.97 Å². The number of likely N-dealkylation sites (tertiary alicyclic amines) is 1. The van der Waals surface area contributed by atoms with E-state index in [-0.39, 0.29) is 19.3 Å². The van der Waals surface area contributed by atoms with Crippen LogP contribution >= 0.6 is 11.8 Å². The van der Waals surface area contributed by atoms with Gasteiger partial charge in [0.25, 0.3) is 0 Å². The third-order valence-electron chi connectivity index (χ3n) is 6.00. The van der Waals surface area contributed by atoms with Crippen LogP contribution in [0.25, 0.3) is 0 Å². The van der Waals surface area contributed by atoms with Gasteiger partial charge in [-0.15, -0.1) is 0 Å². The number of hydrogen-bond acceptors (Lipinski definition) is 7. The minimum atomic E-state index is -1.17. The molecule has 12 heteroatoms. The second-order valence-corrected chi connectivity index (χ2v) is 9.72. The summed E-state index contributed by atoms with van der Waals surface area (Å²) in [5, 5.41) is 14.9. The molecule has 36 heavy (non-hydrogen) atoms. The van der Waals surface area contributed by atoms with Gasteiger partial charge in [-0.05, 0) is 43.3 Å². The van der Waals surface area contributed by atoms with Crippen molar-refractivity contribution in [2.45, 2.75) is 62.7 Å². The number of benzene rings is 1. The molecule has 0 bridgehead atoms. The van der Waals surface area contributed by atoms with Crippen molar-refractivity contribution in [3.05, 3.63) is 35.9 Å². The van der Waals surface area contributed by atoms with E-state index >= 15 is 0 Å². The highest BCUT2D eigenvalue weighted by Gasteiger charge is 2.39. The molecule has 1 heterocycles. The predicted octanol–water partition coefficient (Wildman–Crippen LogP) is -0.380. The van der Waals surface area contributed by atoms with E-state index in [1.165, 1.54) is 16.7 Å². The van der Waals surface area contributed by atoms with E-state index in [1.807, 2.05) is 12.3 Å². The molecule has 1 aliphatic heterocycles. The summed E-state index contributed by atoms with van der Waals surface area (Å²) in [5.74, 6) is -2.71. The van der Waals surface area contributed by atoms with Crippen LogP contribution in [0.5, 0.6) is 0 Å². The number of carbonyl (C=O) groups excluding carboxylic acids is 4. The van der Waals surface area contributed by atoms with Crippen LogP contribution in [-0.4, -0.2) is 82.3 Å². The molecule has 4 unspecified atom stereocenters. The summed E-state index contributed by atoms with van der Waals surface area (Å²) in [6, 6.07) is 5.05. The van der Waals surface area contributed by atoms with Crippen molar-refractivity contribution in [3.8, 4) is 0 Å². The lowest BCUT2D eigenvalue weighted by Gasteiger charge is -2.30. The maximum atomic E-state index is 13.4. The summed E-state index contributed by atoms with van der Waals surface area (Å²) in [6.07, 6.45) is 3.26. The number of carbonyl (C=O) groups is 5. The lowest BCUT2D eigenvalue weighted by molar-refractivity contribution is -0.145. The number of nitrogens with zero attached hydrogens (tertiary/aromatic N) is 1. The molecule has 0 spiro atoms. The van der Waals surface area contributed by atoms with E-state index in [0.717, 1.165) is 5.56 Å². The number of rotatable bonds is 14. The third-order valence-corrected chi connectivity index (χ3v) is 6.64. The van der Waals surface area contributed by atoms with Crippen molar-refractivity contribution < 1.29 is 29.1 Å². The number of nitrogens with one attached hydrogen (secondary N) is 2. The molecule has 198 valence electrons. The van der Waals surface area contributed by atoms with Gasteiger partial charge in [-0.3, -0.25) is 19.2 Å². The lowest BCUT2D eigenvalue weighted by Crippen LogP contribution is -2.57. The first-order chi connectivity index (χ1) is 17.1. The van der Waals surface area contributed by atoms with Gasteiger partial charge < -0.3 is 32.1 Å². The number of hydrogen-bond donors (Lipinski definition) is 5. The molecule has 0 radical (unpaired) electrons. The van der Waals surface area contributed by atoms with Crippen molar-refractivity contribution in [2.75, 3.05) is 18.6 Å². The highest BCUT2D eigenvalue weighted by atomic mass is 32.2. The van der Waals surface area contributed by atoms with E-state index in [2.05, 4.69) is 10.6 Å². The van der Waals surface area contributed by atoms with Crippen molar-refractivity contribution in [3.63, 3.8) is 0 Å². The summed E-state index contributed by atoms with van der Waals surface area (Å²) in [5.41, 5.74) is 11.7. The van der Waals surface area contributed by atoms with Crippen molar-refractivity contribution >= 4 is 41.4 Å². The average molecular weight is 522 g/mol. The fraction of sp³-hybridized carbons (Fsp3) is 0.542. The molecular weight excluding hydrogens is 486 g/mol. The van der Waals surface area contributed by atoms with Gasteiger partial charge in [0.05, 0.1) is 6.04 Å². The summed E-state index contributed by atoms with van der Waals surface area (Å²) in [4.78, 5) is 63.2. The van der Waals surface area contributed by atoms with E-state index in [0.29, 0.717) is 31.6 Å². The number of carboxylic acids is 1. The second-order valence-electron chi connectivity index (χ2n) is 8.73. The maximum Gasteiger partial charge on any atom is 0.326 e. The topological polar surface area (TPSA) is 185 Å². The Morgan fingerprint density at radius 2 is 1.81 bits per heavy atom. The number of aliphatic carboxylic acids is 1. The zero-order valence-corrected chi connectivity index (χ0v) is 21.2. The molecule has 1 aromatic rings. The van der Waals surface area contributed by atoms with Gasteiger partial charge in [-0.2, -0.15) is 11.8 Å². The molecular formula is C24H35N5O6S. The van der Waals surface area contributed by atoms with Crippen LogP contribution in [0.3, 0.4) is 0 Å². The molecule has 7 N–H and O–H groups in total. The predicted molar refractivity (Wildman–Crippen MR) is 136 cm³/mol. The van der Waals surface area contributed by atoms with Crippen LogP contribution in [-0.2, 0) is 30.4 Å². The van der Waals surface area contributed by atoms with Crippen molar-refractivity contribution in [1.29, 1.82) is 0 Å². The van der Waals surface area contributed by atoms with Crippen molar-refractivity contribution in [1.82, 2.24) is 15.5 Å². The number of primary amides is 1. The summed E-state index contributed by atoms with van der Waals surface area (Å²) >= 11 is 1.50. The number of thioether (sulfide) groups is 1. The van der Waals surface area contributed by atoms with Gasteiger partial charge in [0, 0.05) is 19.4 Å². The first kappa shape index (κ1) is 29.1. The highest BCUT2D eigenvalue weighted by Crippen LogP contribution is 2.20. The Hall–Kier alpha value is -3.12. The summed E-state index contributed by atoms with van der Waals surface area (Å²) in [7, 11) is 0. The third kappa shape index (κ3) is 8.83. The van der Waals surface area contributed by atoms with E-state index < -0.39 is 53.8 Å². The van der Waals surface area contributed by atoms with Crippen LogP contribution < -0.4 is 22.1 Å². The molecule has 1 saturated heterocycles. The fourth-order valence-corrected chi connectivity index (χ4v) is 4.49. The standard InChI is InChI=1S/C24H35N5O6S/c1-36-13-11-17(27-21(31)16(25)9-10-20(26)30)23(33)29-12-5-8-19(29)22(32)28-18(24(34)35)14-15-6-3-2-4-7-15/h2-4,6-7,16-19H,5,8-14,25H2,1H3,(H2,26,30)(H,27,31)(H,28,32)(H,34,35). The zero-order valence-electron chi connectivity index (χ0n) is 20.4. The van der Waals surface area contributed by atoms with Crippen LogP contribution in [0.15, 0.2) is 30.3 Å². The van der Waals surface area contributed by atoms with Gasteiger partial charge in [-0.1, -0.05) is 30.3 Å².